The number of nitrogens with zero attached hydrogens (tertiary/aromatic N) is 3. The van der Waals surface area contributed by atoms with Crippen LogP contribution >= 0.6 is 7.14 Å². The number of benzene rings is 1. The summed E-state index contributed by atoms with van der Waals surface area (Å²) in [5, 5.41) is 16.8. The molecule has 188 valence electrons. The van der Waals surface area contributed by atoms with Crippen LogP contribution in [0.4, 0.5) is 19.0 Å². The maximum absolute atomic E-state index is 15.3. The molecule has 1 aliphatic heterocycles. The number of alkyl halides is 2. The van der Waals surface area contributed by atoms with Crippen molar-refractivity contribution in [3.05, 3.63) is 53.2 Å². The average Bonchev–Trinajstić information content (AvgIpc) is 2.78. The van der Waals surface area contributed by atoms with Gasteiger partial charge in [0.05, 0.1) is 23.3 Å². The van der Waals surface area contributed by atoms with E-state index in [-0.39, 0.29) is 5.56 Å². The van der Waals surface area contributed by atoms with Crippen LogP contribution in [0.3, 0.4) is 0 Å². The van der Waals surface area contributed by atoms with Crippen LogP contribution in [-0.2, 0) is 10.5 Å². The van der Waals surface area contributed by atoms with Crippen LogP contribution in [0.5, 0.6) is 0 Å². The number of rotatable bonds is 6. The molecule has 0 radical (unpaired) electrons. The monoisotopic (exact) mass is 507 g/mol. The highest BCUT2D eigenvalue weighted by Gasteiger charge is 2.49. The third-order valence-electron chi connectivity index (χ3n) is 6.35. The molecule has 1 saturated heterocycles. The highest BCUT2D eigenvalue weighted by molar-refractivity contribution is 7.71. The molecule has 1 aromatic carbocycles. The first-order chi connectivity index (χ1) is 16.3. The lowest BCUT2D eigenvalue weighted by Gasteiger charge is -2.30. The van der Waals surface area contributed by atoms with E-state index in [1.54, 1.807) is 26.1 Å². The first-order valence-corrected chi connectivity index (χ1v) is 13.5. The number of fused-ring (bicyclic) bond motifs is 1. The molecule has 3 heterocycles. The quantitative estimate of drug-likeness (QED) is 0.432. The van der Waals surface area contributed by atoms with Crippen LogP contribution in [-0.4, -0.2) is 51.1 Å². The minimum Gasteiger partial charge on any atom is -0.384 e. The Hall–Kier alpha value is -2.55. The van der Waals surface area contributed by atoms with Crippen molar-refractivity contribution in [3.63, 3.8) is 0 Å². The molecule has 0 bridgehead atoms. The Morgan fingerprint density at radius 2 is 1.89 bits per heavy atom. The standard InChI is InChI=1S/C24H29F3N5O2P/c1-14(16-6-5-7-18(21(16)25)24(26,27)23(3,4)33)30-22-17-12-20(35(34)10-8-28-9-11-35)29-13-19(17)31-15(2)32-22/h5-7,12-14,28,33H,8-11H2,1-4H3,(H,30,31,32)/t14-/m1/s1. The summed E-state index contributed by atoms with van der Waals surface area (Å²) in [6.45, 7) is 6.50. The molecule has 0 unspecified atom stereocenters. The van der Waals surface area contributed by atoms with Gasteiger partial charge in [0.1, 0.15) is 35.6 Å². The van der Waals surface area contributed by atoms with E-state index in [2.05, 4.69) is 25.6 Å². The average molecular weight is 507 g/mol. The van der Waals surface area contributed by atoms with Gasteiger partial charge >= 0.3 is 5.92 Å². The maximum atomic E-state index is 15.3. The molecule has 0 saturated carbocycles. The van der Waals surface area contributed by atoms with Crippen molar-refractivity contribution in [2.24, 2.45) is 0 Å². The topological polar surface area (TPSA) is 100 Å². The number of anilines is 1. The fraction of sp³-hybridized carbons (Fsp3) is 0.458. The van der Waals surface area contributed by atoms with Crippen LogP contribution in [0, 0.1) is 12.7 Å². The number of pyridine rings is 1. The molecule has 3 aromatic rings. The van der Waals surface area contributed by atoms with E-state index in [4.69, 9.17) is 0 Å². The van der Waals surface area contributed by atoms with Crippen LogP contribution in [0.2, 0.25) is 0 Å². The SMILES string of the molecule is Cc1nc(N[C@H](C)c2cccc(C(F)(F)C(C)(C)O)c2F)c2cc(P3(=O)CCNCC3)ncc2n1. The molecule has 2 aromatic heterocycles. The van der Waals surface area contributed by atoms with E-state index < -0.39 is 36.1 Å². The van der Waals surface area contributed by atoms with E-state index in [1.807, 2.05) is 0 Å². The van der Waals surface area contributed by atoms with Crippen molar-refractivity contribution in [2.75, 3.05) is 30.7 Å². The van der Waals surface area contributed by atoms with Crippen molar-refractivity contribution in [2.45, 2.75) is 45.3 Å². The fourth-order valence-corrected chi connectivity index (χ4v) is 6.55. The summed E-state index contributed by atoms with van der Waals surface area (Å²) in [5.41, 5.74) is -2.31. The van der Waals surface area contributed by atoms with Gasteiger partial charge in [-0.2, -0.15) is 8.78 Å². The Balaban J connectivity index is 1.74. The summed E-state index contributed by atoms with van der Waals surface area (Å²) >= 11 is 0. The zero-order valence-corrected chi connectivity index (χ0v) is 21.0. The first-order valence-electron chi connectivity index (χ1n) is 11.4. The van der Waals surface area contributed by atoms with Gasteiger partial charge in [-0.1, -0.05) is 12.1 Å². The van der Waals surface area contributed by atoms with E-state index in [9.17, 15) is 18.5 Å². The maximum Gasteiger partial charge on any atom is 0.303 e. The van der Waals surface area contributed by atoms with Gasteiger partial charge in [-0.15, -0.1) is 0 Å². The molecule has 0 amide bonds. The second-order valence-corrected chi connectivity index (χ2v) is 12.6. The Kier molecular flexibility index (Phi) is 6.68. The molecule has 1 aliphatic rings. The molecule has 3 N–H and O–H groups in total. The van der Waals surface area contributed by atoms with Gasteiger partial charge in [-0.25, -0.2) is 14.4 Å². The van der Waals surface area contributed by atoms with Crippen molar-refractivity contribution in [3.8, 4) is 0 Å². The summed E-state index contributed by atoms with van der Waals surface area (Å²) in [4.78, 5) is 13.3. The van der Waals surface area contributed by atoms with Crippen LogP contribution < -0.4 is 16.1 Å². The molecule has 1 atom stereocenters. The lowest BCUT2D eigenvalue weighted by molar-refractivity contribution is -0.170. The van der Waals surface area contributed by atoms with E-state index in [0.717, 1.165) is 19.9 Å². The third kappa shape index (κ3) is 4.79. The Morgan fingerprint density at radius 3 is 2.54 bits per heavy atom. The van der Waals surface area contributed by atoms with E-state index in [1.165, 1.54) is 12.1 Å². The number of hydrogen-bond acceptors (Lipinski definition) is 7. The molecule has 0 aliphatic carbocycles. The van der Waals surface area contributed by atoms with Crippen LogP contribution in [0.1, 0.15) is 43.8 Å². The number of nitrogens with one attached hydrogen (secondary N) is 2. The summed E-state index contributed by atoms with van der Waals surface area (Å²) in [7, 11) is -2.67. The number of aliphatic hydroxyl groups is 1. The van der Waals surface area contributed by atoms with Crippen LogP contribution in [0.25, 0.3) is 10.9 Å². The van der Waals surface area contributed by atoms with Crippen molar-refractivity contribution in [1.29, 1.82) is 0 Å². The Labute approximate surface area is 202 Å². The van der Waals surface area contributed by atoms with Gasteiger partial charge in [0.15, 0.2) is 0 Å². The third-order valence-corrected chi connectivity index (χ3v) is 9.32. The van der Waals surface area contributed by atoms with Crippen LogP contribution in [0.15, 0.2) is 30.5 Å². The lowest BCUT2D eigenvalue weighted by Crippen LogP contribution is -2.41. The highest BCUT2D eigenvalue weighted by Crippen LogP contribution is 2.45. The van der Waals surface area contributed by atoms with Gasteiger partial charge < -0.3 is 20.3 Å². The molecule has 1 fully saturated rings. The number of aromatic nitrogens is 3. The highest BCUT2D eigenvalue weighted by atomic mass is 31.2. The van der Waals surface area contributed by atoms with Gasteiger partial charge in [0.2, 0.25) is 0 Å². The molecule has 0 spiro atoms. The largest absolute Gasteiger partial charge is 0.384 e. The van der Waals surface area contributed by atoms with Crippen molar-refractivity contribution < 1.29 is 22.8 Å². The van der Waals surface area contributed by atoms with E-state index >= 15 is 4.39 Å². The fourth-order valence-electron chi connectivity index (χ4n) is 4.19. The molecule has 4 rings (SSSR count). The molecule has 35 heavy (non-hydrogen) atoms. The summed E-state index contributed by atoms with van der Waals surface area (Å²) in [5.74, 6) is -4.09. The second-order valence-electron chi connectivity index (χ2n) is 9.47. The molecule has 11 heteroatoms. The lowest BCUT2D eigenvalue weighted by atomic mass is 9.91. The summed E-state index contributed by atoms with van der Waals surface area (Å²) in [6, 6.07) is 4.68. The normalized spacial score (nSPS) is 17.4. The van der Waals surface area contributed by atoms with E-state index in [0.29, 0.717) is 53.4 Å². The van der Waals surface area contributed by atoms with Crippen molar-refractivity contribution in [1.82, 2.24) is 20.3 Å². The molecular formula is C24H29F3N5O2P. The number of halogens is 3. The predicted molar refractivity (Wildman–Crippen MR) is 131 cm³/mol. The van der Waals surface area contributed by atoms with Gasteiger partial charge in [0.25, 0.3) is 0 Å². The molecular weight excluding hydrogens is 478 g/mol. The minimum absolute atomic E-state index is 0.00345. The van der Waals surface area contributed by atoms with Gasteiger partial charge in [-0.05, 0) is 39.8 Å². The van der Waals surface area contributed by atoms with Gasteiger partial charge in [-0.3, -0.25) is 4.98 Å². The Morgan fingerprint density at radius 1 is 1.20 bits per heavy atom. The first kappa shape index (κ1) is 25.5. The summed E-state index contributed by atoms with van der Waals surface area (Å²) in [6.07, 6.45) is 2.57. The number of aryl methyl sites for hydroxylation is 1. The Bertz CT molecular complexity index is 1300. The minimum atomic E-state index is -3.80. The zero-order chi connectivity index (χ0) is 25.6. The van der Waals surface area contributed by atoms with Gasteiger partial charge in [0, 0.05) is 36.4 Å². The van der Waals surface area contributed by atoms with Crippen molar-refractivity contribution >= 4 is 29.3 Å². The molecule has 7 nitrogen and oxygen atoms in total. The second kappa shape index (κ2) is 9.15. The summed E-state index contributed by atoms with van der Waals surface area (Å²) < 4.78 is 58.2. The predicted octanol–water partition coefficient (Wildman–Crippen LogP) is 4.10. The zero-order valence-electron chi connectivity index (χ0n) is 20.1. The number of hydrogen-bond donors (Lipinski definition) is 3. The smallest absolute Gasteiger partial charge is 0.303 e.